The minimum atomic E-state index is -0.00131. The zero-order chi connectivity index (χ0) is 14.9. The first kappa shape index (κ1) is 16.0. The van der Waals surface area contributed by atoms with Crippen LogP contribution in [-0.2, 0) is 4.79 Å². The molecule has 1 aromatic rings. The number of amides is 1. The Morgan fingerprint density at radius 2 is 2.10 bits per heavy atom. The zero-order valence-corrected chi connectivity index (χ0v) is 14.3. The van der Waals surface area contributed by atoms with Crippen LogP contribution < -0.4 is 0 Å². The Labute approximate surface area is 134 Å². The van der Waals surface area contributed by atoms with Gasteiger partial charge in [0.2, 0.25) is 5.91 Å². The number of hydrogen-bond acceptors (Lipinski definition) is 2. The van der Waals surface area contributed by atoms with Crippen LogP contribution in [0.3, 0.4) is 0 Å². The third-order valence-electron chi connectivity index (χ3n) is 3.12. The molecule has 1 amide bonds. The van der Waals surface area contributed by atoms with Gasteiger partial charge in [-0.15, -0.1) is 11.8 Å². The molecule has 1 aliphatic rings. The third kappa shape index (κ3) is 3.84. The molecule has 1 fully saturated rings. The Kier molecular flexibility index (Phi) is 4.93. The fourth-order valence-corrected chi connectivity index (χ4v) is 4.13. The van der Waals surface area contributed by atoms with Crippen LogP contribution in [0.15, 0.2) is 18.2 Å². The van der Waals surface area contributed by atoms with Crippen molar-refractivity contribution in [2.75, 3.05) is 12.3 Å². The Balaban J connectivity index is 2.21. The molecular formula is C15H19Cl2NOS. The molecule has 0 N–H and O–H groups in total. The van der Waals surface area contributed by atoms with Gasteiger partial charge in [0, 0.05) is 34.3 Å². The number of carbonyl (C=O) groups excluding carboxylic acids is 1. The number of rotatable bonds is 2. The first-order valence-electron chi connectivity index (χ1n) is 6.64. The van der Waals surface area contributed by atoms with E-state index < -0.39 is 0 Å². The maximum Gasteiger partial charge on any atom is 0.224 e. The van der Waals surface area contributed by atoms with Crippen molar-refractivity contribution in [2.45, 2.75) is 32.6 Å². The first-order chi connectivity index (χ1) is 9.28. The molecule has 1 aromatic carbocycles. The molecule has 0 unspecified atom stereocenters. The van der Waals surface area contributed by atoms with E-state index in [1.54, 1.807) is 17.8 Å². The lowest BCUT2D eigenvalue weighted by atomic mass is 9.91. The topological polar surface area (TPSA) is 20.3 Å². The van der Waals surface area contributed by atoms with E-state index in [2.05, 4.69) is 20.8 Å². The Morgan fingerprint density at radius 3 is 2.70 bits per heavy atom. The molecule has 110 valence electrons. The second kappa shape index (κ2) is 6.17. The molecule has 20 heavy (non-hydrogen) atoms. The van der Waals surface area contributed by atoms with E-state index in [4.69, 9.17) is 23.2 Å². The Morgan fingerprint density at radius 1 is 1.40 bits per heavy atom. The summed E-state index contributed by atoms with van der Waals surface area (Å²) in [6, 6.07) is 5.49. The van der Waals surface area contributed by atoms with Crippen molar-refractivity contribution in [1.29, 1.82) is 0 Å². The maximum atomic E-state index is 12.5. The summed E-state index contributed by atoms with van der Waals surface area (Å²) in [4.78, 5) is 14.4. The van der Waals surface area contributed by atoms with Gasteiger partial charge in [-0.2, -0.15) is 0 Å². The summed E-state index contributed by atoms with van der Waals surface area (Å²) >= 11 is 14.0. The standard InChI is InChI=1S/C15H19Cl2NOS/c1-15(2,3)9-13(19)18-6-7-20-14(18)11-5-4-10(16)8-12(11)17/h4-5,8,14H,6-7,9H2,1-3H3/t14-/m0/s1. The lowest BCUT2D eigenvalue weighted by Crippen LogP contribution is -2.33. The quantitative estimate of drug-likeness (QED) is 0.759. The van der Waals surface area contributed by atoms with Crippen LogP contribution in [0.25, 0.3) is 0 Å². The average Bonchev–Trinajstić information content (AvgIpc) is 2.75. The van der Waals surface area contributed by atoms with Gasteiger partial charge in [0.1, 0.15) is 5.37 Å². The highest BCUT2D eigenvalue weighted by Gasteiger charge is 2.33. The van der Waals surface area contributed by atoms with Crippen LogP contribution in [0.5, 0.6) is 0 Å². The van der Waals surface area contributed by atoms with Crippen molar-refractivity contribution >= 4 is 40.9 Å². The lowest BCUT2D eigenvalue weighted by molar-refractivity contribution is -0.133. The molecule has 0 radical (unpaired) electrons. The molecule has 0 saturated carbocycles. The zero-order valence-electron chi connectivity index (χ0n) is 12.0. The lowest BCUT2D eigenvalue weighted by Gasteiger charge is -2.28. The van der Waals surface area contributed by atoms with Crippen LogP contribution in [0, 0.1) is 5.41 Å². The van der Waals surface area contributed by atoms with Crippen molar-refractivity contribution in [3.8, 4) is 0 Å². The number of nitrogens with zero attached hydrogens (tertiary/aromatic N) is 1. The SMILES string of the molecule is CC(C)(C)CC(=O)N1CCS[C@H]1c1ccc(Cl)cc1Cl. The largest absolute Gasteiger partial charge is 0.326 e. The molecule has 0 bridgehead atoms. The molecule has 2 nitrogen and oxygen atoms in total. The van der Waals surface area contributed by atoms with Gasteiger partial charge >= 0.3 is 0 Å². The summed E-state index contributed by atoms with van der Waals surface area (Å²) in [5, 5.41) is 1.26. The fourth-order valence-electron chi connectivity index (χ4n) is 2.24. The molecule has 0 spiro atoms. The van der Waals surface area contributed by atoms with E-state index >= 15 is 0 Å². The highest BCUT2D eigenvalue weighted by atomic mass is 35.5. The summed E-state index contributed by atoms with van der Waals surface area (Å²) < 4.78 is 0. The molecule has 1 heterocycles. The van der Waals surface area contributed by atoms with Gasteiger partial charge in [-0.25, -0.2) is 0 Å². The number of hydrogen-bond donors (Lipinski definition) is 0. The molecule has 0 aliphatic carbocycles. The summed E-state index contributed by atoms with van der Waals surface area (Å²) in [5.74, 6) is 1.14. The number of benzene rings is 1. The van der Waals surface area contributed by atoms with Crippen molar-refractivity contribution in [3.05, 3.63) is 33.8 Å². The Bertz CT molecular complexity index is 513. The van der Waals surface area contributed by atoms with Gasteiger partial charge in [0.05, 0.1) is 0 Å². The third-order valence-corrected chi connectivity index (χ3v) is 4.93. The highest BCUT2D eigenvalue weighted by molar-refractivity contribution is 7.99. The molecule has 1 atom stereocenters. The van der Waals surface area contributed by atoms with Crippen molar-refractivity contribution < 1.29 is 4.79 Å². The second-order valence-electron chi connectivity index (χ2n) is 6.21. The summed E-state index contributed by atoms with van der Waals surface area (Å²) in [7, 11) is 0. The van der Waals surface area contributed by atoms with Gasteiger partial charge in [0.15, 0.2) is 0 Å². The Hall–Kier alpha value is -0.380. The van der Waals surface area contributed by atoms with E-state index in [0.717, 1.165) is 17.9 Å². The van der Waals surface area contributed by atoms with Gasteiger partial charge in [-0.1, -0.05) is 50.0 Å². The number of thioether (sulfide) groups is 1. The van der Waals surface area contributed by atoms with Crippen LogP contribution in [0.2, 0.25) is 10.0 Å². The predicted molar refractivity (Wildman–Crippen MR) is 87.4 cm³/mol. The molecule has 5 heteroatoms. The highest BCUT2D eigenvalue weighted by Crippen LogP contribution is 2.42. The molecule has 1 saturated heterocycles. The monoisotopic (exact) mass is 331 g/mol. The van der Waals surface area contributed by atoms with E-state index in [9.17, 15) is 4.79 Å². The minimum Gasteiger partial charge on any atom is -0.326 e. The fraction of sp³-hybridized carbons (Fsp3) is 0.533. The normalized spacial score (nSPS) is 19.4. The molecular weight excluding hydrogens is 313 g/mol. The van der Waals surface area contributed by atoms with Crippen molar-refractivity contribution in [3.63, 3.8) is 0 Å². The van der Waals surface area contributed by atoms with E-state index in [0.29, 0.717) is 16.5 Å². The maximum absolute atomic E-state index is 12.5. The van der Waals surface area contributed by atoms with E-state index in [1.807, 2.05) is 17.0 Å². The van der Waals surface area contributed by atoms with E-state index in [1.165, 1.54) is 0 Å². The number of halogens is 2. The van der Waals surface area contributed by atoms with Gasteiger partial charge in [-0.05, 0) is 17.5 Å². The van der Waals surface area contributed by atoms with Crippen LogP contribution in [-0.4, -0.2) is 23.1 Å². The summed E-state index contributed by atoms with van der Waals surface area (Å²) in [6.07, 6.45) is 0.551. The minimum absolute atomic E-state index is 0.00131. The van der Waals surface area contributed by atoms with Gasteiger partial charge < -0.3 is 4.90 Å². The first-order valence-corrected chi connectivity index (χ1v) is 8.44. The van der Waals surface area contributed by atoms with Crippen molar-refractivity contribution in [1.82, 2.24) is 4.90 Å². The van der Waals surface area contributed by atoms with Crippen LogP contribution in [0.4, 0.5) is 0 Å². The molecule has 0 aromatic heterocycles. The van der Waals surface area contributed by atoms with Crippen molar-refractivity contribution in [2.24, 2.45) is 5.41 Å². The van der Waals surface area contributed by atoms with Crippen LogP contribution in [0.1, 0.15) is 38.1 Å². The average molecular weight is 332 g/mol. The summed E-state index contributed by atoms with van der Waals surface area (Å²) in [6.45, 7) is 7.03. The summed E-state index contributed by atoms with van der Waals surface area (Å²) in [5.41, 5.74) is 0.972. The second-order valence-corrected chi connectivity index (χ2v) is 8.25. The van der Waals surface area contributed by atoms with Crippen LogP contribution >= 0.6 is 35.0 Å². The smallest absolute Gasteiger partial charge is 0.224 e. The van der Waals surface area contributed by atoms with Gasteiger partial charge in [0.25, 0.3) is 0 Å². The number of carbonyl (C=O) groups is 1. The predicted octanol–water partition coefficient (Wildman–Crippen LogP) is 5.00. The molecule has 2 rings (SSSR count). The van der Waals surface area contributed by atoms with Gasteiger partial charge in [-0.3, -0.25) is 4.79 Å². The van der Waals surface area contributed by atoms with E-state index in [-0.39, 0.29) is 16.7 Å². The molecule has 1 aliphatic heterocycles.